The van der Waals surface area contributed by atoms with E-state index in [4.69, 9.17) is 5.11 Å². The molecule has 0 aliphatic rings. The molecule has 1 rings (SSSR count). The zero-order valence-electron chi connectivity index (χ0n) is 9.94. The number of rotatable bonds is 5. The molecule has 1 atom stereocenters. The smallest absolute Gasteiger partial charge is 0.223 e. The fourth-order valence-electron chi connectivity index (χ4n) is 1.24. The number of aryl methyl sites for hydroxylation is 1. The topological polar surface area (TPSA) is 78.3 Å². The number of anilines is 1. The standard InChI is InChI=1S/C11H19N3O2/c1-7(2)10-4-8(3)13-11(14-10)12-5-9(16)6-15/h4,7,9,15-16H,5-6H2,1-3H3,(H,12,13,14)/t9-/m1/s1. The summed E-state index contributed by atoms with van der Waals surface area (Å²) in [4.78, 5) is 8.53. The Kier molecular flexibility index (Phi) is 4.64. The van der Waals surface area contributed by atoms with Gasteiger partial charge < -0.3 is 15.5 Å². The van der Waals surface area contributed by atoms with Crippen LogP contribution in [0.4, 0.5) is 5.95 Å². The van der Waals surface area contributed by atoms with Crippen molar-refractivity contribution in [3.05, 3.63) is 17.5 Å². The van der Waals surface area contributed by atoms with Crippen LogP contribution in [0.1, 0.15) is 31.2 Å². The van der Waals surface area contributed by atoms with E-state index in [9.17, 15) is 5.11 Å². The fourth-order valence-corrected chi connectivity index (χ4v) is 1.24. The van der Waals surface area contributed by atoms with Gasteiger partial charge in [-0.3, -0.25) is 0 Å². The minimum atomic E-state index is -0.786. The van der Waals surface area contributed by atoms with Crippen molar-refractivity contribution >= 4 is 5.95 Å². The van der Waals surface area contributed by atoms with Crippen LogP contribution in [-0.2, 0) is 0 Å². The number of aliphatic hydroxyl groups is 2. The first-order valence-corrected chi connectivity index (χ1v) is 5.41. The van der Waals surface area contributed by atoms with E-state index in [2.05, 4.69) is 29.1 Å². The largest absolute Gasteiger partial charge is 0.394 e. The molecular weight excluding hydrogens is 206 g/mol. The summed E-state index contributed by atoms with van der Waals surface area (Å²) in [5.74, 6) is 0.834. The summed E-state index contributed by atoms with van der Waals surface area (Å²) in [7, 11) is 0. The average molecular weight is 225 g/mol. The lowest BCUT2D eigenvalue weighted by Crippen LogP contribution is -2.24. The highest BCUT2D eigenvalue weighted by molar-refractivity contribution is 5.29. The molecule has 0 bridgehead atoms. The molecule has 3 N–H and O–H groups in total. The zero-order valence-corrected chi connectivity index (χ0v) is 9.94. The van der Waals surface area contributed by atoms with E-state index in [1.807, 2.05) is 13.0 Å². The van der Waals surface area contributed by atoms with Gasteiger partial charge in [0, 0.05) is 17.9 Å². The predicted molar refractivity (Wildman–Crippen MR) is 62.4 cm³/mol. The Morgan fingerprint density at radius 2 is 2.06 bits per heavy atom. The molecule has 1 heterocycles. The number of nitrogens with one attached hydrogen (secondary N) is 1. The predicted octanol–water partition coefficient (Wildman–Crippen LogP) is 0.674. The second-order valence-electron chi connectivity index (χ2n) is 4.13. The second kappa shape index (κ2) is 5.77. The molecule has 0 amide bonds. The molecule has 90 valence electrons. The molecule has 0 radical (unpaired) electrons. The molecule has 0 aliphatic heterocycles. The van der Waals surface area contributed by atoms with Crippen LogP contribution in [0, 0.1) is 6.92 Å². The second-order valence-corrected chi connectivity index (χ2v) is 4.13. The summed E-state index contributed by atoms with van der Waals surface area (Å²) < 4.78 is 0. The quantitative estimate of drug-likeness (QED) is 0.686. The van der Waals surface area contributed by atoms with E-state index in [0.717, 1.165) is 11.4 Å². The van der Waals surface area contributed by atoms with Crippen LogP contribution in [0.15, 0.2) is 6.07 Å². The van der Waals surface area contributed by atoms with Crippen molar-refractivity contribution < 1.29 is 10.2 Å². The van der Waals surface area contributed by atoms with E-state index in [-0.39, 0.29) is 13.2 Å². The monoisotopic (exact) mass is 225 g/mol. The molecule has 0 unspecified atom stereocenters. The lowest BCUT2D eigenvalue weighted by atomic mass is 10.1. The van der Waals surface area contributed by atoms with Gasteiger partial charge in [-0.05, 0) is 18.9 Å². The van der Waals surface area contributed by atoms with Gasteiger partial charge in [0.25, 0.3) is 0 Å². The van der Waals surface area contributed by atoms with E-state index in [1.165, 1.54) is 0 Å². The molecule has 0 aromatic carbocycles. The maximum atomic E-state index is 9.20. The third kappa shape index (κ3) is 3.75. The Morgan fingerprint density at radius 3 is 2.62 bits per heavy atom. The van der Waals surface area contributed by atoms with Gasteiger partial charge >= 0.3 is 0 Å². The van der Waals surface area contributed by atoms with Gasteiger partial charge in [0.15, 0.2) is 0 Å². The van der Waals surface area contributed by atoms with Gasteiger partial charge in [0.1, 0.15) is 0 Å². The molecule has 5 nitrogen and oxygen atoms in total. The van der Waals surface area contributed by atoms with Gasteiger partial charge in [-0.1, -0.05) is 13.8 Å². The van der Waals surface area contributed by atoms with E-state index in [1.54, 1.807) is 0 Å². The Morgan fingerprint density at radius 1 is 1.38 bits per heavy atom. The third-order valence-corrected chi connectivity index (χ3v) is 2.17. The van der Waals surface area contributed by atoms with Gasteiger partial charge in [-0.25, -0.2) is 9.97 Å². The Labute approximate surface area is 95.6 Å². The lowest BCUT2D eigenvalue weighted by Gasteiger charge is -2.11. The minimum Gasteiger partial charge on any atom is -0.394 e. The first kappa shape index (κ1) is 12.9. The van der Waals surface area contributed by atoms with Crippen molar-refractivity contribution in [1.82, 2.24) is 9.97 Å². The van der Waals surface area contributed by atoms with Crippen LogP contribution in [-0.4, -0.2) is 39.4 Å². The molecule has 16 heavy (non-hydrogen) atoms. The highest BCUT2D eigenvalue weighted by atomic mass is 16.3. The van der Waals surface area contributed by atoms with Crippen LogP contribution in [0.2, 0.25) is 0 Å². The summed E-state index contributed by atoms with van der Waals surface area (Å²) in [6, 6.07) is 1.94. The highest BCUT2D eigenvalue weighted by Crippen LogP contribution is 2.14. The number of aromatic nitrogens is 2. The summed E-state index contributed by atoms with van der Waals surface area (Å²) in [6.45, 7) is 6.01. The third-order valence-electron chi connectivity index (χ3n) is 2.17. The molecule has 1 aromatic heterocycles. The van der Waals surface area contributed by atoms with Crippen LogP contribution >= 0.6 is 0 Å². The summed E-state index contributed by atoms with van der Waals surface area (Å²) in [5.41, 5.74) is 1.85. The number of hydrogen-bond acceptors (Lipinski definition) is 5. The van der Waals surface area contributed by atoms with Crippen molar-refractivity contribution in [2.24, 2.45) is 0 Å². The molecule has 1 aromatic rings. The SMILES string of the molecule is Cc1cc(C(C)C)nc(NC[C@@H](O)CO)n1. The highest BCUT2D eigenvalue weighted by Gasteiger charge is 2.07. The molecule has 0 spiro atoms. The van der Waals surface area contributed by atoms with Crippen LogP contribution in [0.25, 0.3) is 0 Å². The molecular formula is C11H19N3O2. The van der Waals surface area contributed by atoms with Gasteiger partial charge in [0.05, 0.1) is 12.7 Å². The molecule has 0 saturated heterocycles. The zero-order chi connectivity index (χ0) is 12.1. The van der Waals surface area contributed by atoms with Crippen molar-refractivity contribution in [2.75, 3.05) is 18.5 Å². The molecule has 0 aliphatic carbocycles. The first-order valence-electron chi connectivity index (χ1n) is 5.41. The number of nitrogens with zero attached hydrogens (tertiary/aromatic N) is 2. The maximum Gasteiger partial charge on any atom is 0.223 e. The van der Waals surface area contributed by atoms with Crippen molar-refractivity contribution in [2.45, 2.75) is 32.8 Å². The van der Waals surface area contributed by atoms with Crippen LogP contribution in [0.5, 0.6) is 0 Å². The molecule has 5 heteroatoms. The Balaban J connectivity index is 2.72. The Hall–Kier alpha value is -1.20. The summed E-state index contributed by atoms with van der Waals surface area (Å²) >= 11 is 0. The van der Waals surface area contributed by atoms with Crippen molar-refractivity contribution in [3.63, 3.8) is 0 Å². The normalized spacial score (nSPS) is 12.9. The summed E-state index contributed by atoms with van der Waals surface area (Å²) in [5, 5.41) is 20.8. The Bertz CT molecular complexity index is 342. The average Bonchev–Trinajstić information content (AvgIpc) is 2.25. The minimum absolute atomic E-state index is 0.248. The van der Waals surface area contributed by atoms with E-state index >= 15 is 0 Å². The van der Waals surface area contributed by atoms with Gasteiger partial charge in [0.2, 0.25) is 5.95 Å². The fraction of sp³-hybridized carbons (Fsp3) is 0.636. The summed E-state index contributed by atoms with van der Waals surface area (Å²) in [6.07, 6.45) is -0.786. The number of aliphatic hydroxyl groups excluding tert-OH is 2. The number of hydrogen-bond donors (Lipinski definition) is 3. The van der Waals surface area contributed by atoms with Crippen molar-refractivity contribution in [1.29, 1.82) is 0 Å². The lowest BCUT2D eigenvalue weighted by molar-refractivity contribution is 0.105. The molecule has 0 fully saturated rings. The van der Waals surface area contributed by atoms with Crippen molar-refractivity contribution in [3.8, 4) is 0 Å². The molecule has 0 saturated carbocycles. The van der Waals surface area contributed by atoms with E-state index in [0.29, 0.717) is 11.9 Å². The van der Waals surface area contributed by atoms with Crippen LogP contribution in [0.3, 0.4) is 0 Å². The van der Waals surface area contributed by atoms with Crippen LogP contribution < -0.4 is 5.32 Å². The maximum absolute atomic E-state index is 9.20. The first-order chi connectivity index (χ1) is 7.52. The van der Waals surface area contributed by atoms with Gasteiger partial charge in [-0.15, -0.1) is 0 Å². The van der Waals surface area contributed by atoms with Gasteiger partial charge in [-0.2, -0.15) is 0 Å². The van der Waals surface area contributed by atoms with E-state index < -0.39 is 6.10 Å².